The second-order valence-electron chi connectivity index (χ2n) is 13.2. The number of fused-ring (bicyclic) bond motifs is 6. The fourth-order valence-electron chi connectivity index (χ4n) is 7.47. The number of anilines is 3. The molecule has 0 atom stereocenters. The smallest absolute Gasteiger partial charge is 0.136 e. The maximum atomic E-state index is 6.35. The number of para-hydroxylation sites is 2. The predicted octanol–water partition coefficient (Wildman–Crippen LogP) is 13.8. The number of rotatable bonds is 6. The molecule has 52 heavy (non-hydrogen) atoms. The maximum absolute atomic E-state index is 6.35. The van der Waals surface area contributed by atoms with Crippen LogP contribution in [0.25, 0.3) is 77.1 Å². The van der Waals surface area contributed by atoms with Gasteiger partial charge in [-0.25, -0.2) is 4.98 Å². The second kappa shape index (κ2) is 12.4. The zero-order valence-electron chi connectivity index (χ0n) is 28.3. The molecule has 244 valence electrons. The largest absolute Gasteiger partial charge is 0.456 e. The van der Waals surface area contributed by atoms with Gasteiger partial charge < -0.3 is 9.32 Å². The van der Waals surface area contributed by atoms with E-state index in [-0.39, 0.29) is 0 Å². The van der Waals surface area contributed by atoms with Crippen LogP contribution in [-0.4, -0.2) is 4.98 Å². The van der Waals surface area contributed by atoms with E-state index in [9.17, 15) is 0 Å². The van der Waals surface area contributed by atoms with Crippen molar-refractivity contribution in [2.45, 2.75) is 0 Å². The number of hydrogen-bond acceptors (Lipinski definition) is 3. The molecule has 0 spiro atoms. The van der Waals surface area contributed by atoms with E-state index in [2.05, 4.69) is 187 Å². The molecule has 0 N–H and O–H groups in total. The quantitative estimate of drug-likeness (QED) is 0.166. The fraction of sp³-hybridized carbons (Fsp3) is 0. The molecule has 2 aromatic heterocycles. The number of pyridine rings is 1. The van der Waals surface area contributed by atoms with Gasteiger partial charge in [0.2, 0.25) is 0 Å². The van der Waals surface area contributed by atoms with Crippen LogP contribution < -0.4 is 4.90 Å². The number of benzene rings is 8. The van der Waals surface area contributed by atoms with Gasteiger partial charge in [-0.1, -0.05) is 133 Å². The molecule has 3 heteroatoms. The van der Waals surface area contributed by atoms with Crippen molar-refractivity contribution in [1.82, 2.24) is 4.98 Å². The summed E-state index contributed by atoms with van der Waals surface area (Å²) in [5.74, 6) is 0. The highest BCUT2D eigenvalue weighted by Crippen LogP contribution is 2.41. The van der Waals surface area contributed by atoms with Crippen LogP contribution in [0.15, 0.2) is 199 Å². The Labute approximate surface area is 301 Å². The van der Waals surface area contributed by atoms with Crippen molar-refractivity contribution in [2.75, 3.05) is 4.90 Å². The van der Waals surface area contributed by atoms with Crippen LogP contribution in [0.5, 0.6) is 0 Å². The Hall–Kier alpha value is -6.97. The molecule has 0 radical (unpaired) electrons. The van der Waals surface area contributed by atoms with Gasteiger partial charge in [-0.15, -0.1) is 0 Å². The van der Waals surface area contributed by atoms with E-state index < -0.39 is 0 Å². The van der Waals surface area contributed by atoms with E-state index in [1.165, 1.54) is 27.6 Å². The first-order chi connectivity index (χ1) is 25.8. The van der Waals surface area contributed by atoms with Crippen molar-refractivity contribution in [3.8, 4) is 33.5 Å². The number of aromatic nitrogens is 1. The SMILES string of the molecule is c1ccc(-c2ccc(N(c3ccc(-c4ccccc4)cc3)c3ccc(-c4nc5ccccc5c5cc6c(cc45)oc4ccccc46)cc3)cc2)cc1. The van der Waals surface area contributed by atoms with Crippen LogP contribution in [0.3, 0.4) is 0 Å². The van der Waals surface area contributed by atoms with Gasteiger partial charge in [-0.3, -0.25) is 0 Å². The Morgan fingerprint density at radius 3 is 1.40 bits per heavy atom. The normalized spacial score (nSPS) is 11.5. The van der Waals surface area contributed by atoms with Crippen LogP contribution in [0.1, 0.15) is 0 Å². The fourth-order valence-corrected chi connectivity index (χ4v) is 7.47. The minimum atomic E-state index is 0.868. The molecule has 0 aliphatic carbocycles. The van der Waals surface area contributed by atoms with E-state index >= 15 is 0 Å². The third-order valence-corrected chi connectivity index (χ3v) is 10.1. The molecule has 0 amide bonds. The number of hydrogen-bond donors (Lipinski definition) is 0. The summed E-state index contributed by atoms with van der Waals surface area (Å²) in [4.78, 5) is 7.56. The summed E-state index contributed by atoms with van der Waals surface area (Å²) < 4.78 is 6.35. The van der Waals surface area contributed by atoms with E-state index in [0.29, 0.717) is 0 Å². The van der Waals surface area contributed by atoms with Crippen molar-refractivity contribution >= 4 is 60.7 Å². The topological polar surface area (TPSA) is 29.3 Å². The van der Waals surface area contributed by atoms with Gasteiger partial charge in [0.05, 0.1) is 11.2 Å². The molecule has 0 aliphatic heterocycles. The van der Waals surface area contributed by atoms with Crippen molar-refractivity contribution in [1.29, 1.82) is 0 Å². The molecule has 0 saturated heterocycles. The van der Waals surface area contributed by atoms with Crippen LogP contribution in [0, 0.1) is 0 Å². The molecule has 2 heterocycles. The standard InChI is InChI=1S/C49H32N2O/c1-3-11-33(12-4-1)35-19-25-38(26-20-35)51(39-27-21-36(22-28-39)34-13-5-2-6-14-34)40-29-23-37(24-30-40)49-45-32-48-44(42-16-8-10-18-47(42)52-48)31-43(45)41-15-7-9-17-46(41)50-49/h1-32H. The van der Waals surface area contributed by atoms with Gasteiger partial charge in [0.1, 0.15) is 11.2 Å². The molecule has 0 fully saturated rings. The number of nitrogens with zero attached hydrogens (tertiary/aromatic N) is 2. The monoisotopic (exact) mass is 664 g/mol. The lowest BCUT2D eigenvalue weighted by molar-refractivity contribution is 0.669. The average Bonchev–Trinajstić information content (AvgIpc) is 3.59. The van der Waals surface area contributed by atoms with Crippen LogP contribution in [0.2, 0.25) is 0 Å². The summed E-state index contributed by atoms with van der Waals surface area (Å²) in [5, 5.41) is 5.62. The molecule has 0 unspecified atom stereocenters. The van der Waals surface area contributed by atoms with Crippen LogP contribution in [0.4, 0.5) is 17.1 Å². The van der Waals surface area contributed by atoms with E-state index in [1.54, 1.807) is 0 Å². The summed E-state index contributed by atoms with van der Waals surface area (Å²) in [7, 11) is 0. The van der Waals surface area contributed by atoms with Crippen LogP contribution in [-0.2, 0) is 0 Å². The molecular formula is C49H32N2O. The lowest BCUT2D eigenvalue weighted by Crippen LogP contribution is -2.09. The summed E-state index contributed by atoms with van der Waals surface area (Å²) in [6.07, 6.45) is 0. The van der Waals surface area contributed by atoms with E-state index in [0.717, 1.165) is 66.5 Å². The first-order valence-electron chi connectivity index (χ1n) is 17.6. The van der Waals surface area contributed by atoms with Crippen molar-refractivity contribution in [3.05, 3.63) is 194 Å². The molecule has 10 aromatic rings. The Balaban J connectivity index is 1.09. The highest BCUT2D eigenvalue weighted by molar-refractivity contribution is 6.18. The van der Waals surface area contributed by atoms with E-state index in [4.69, 9.17) is 9.40 Å². The zero-order valence-corrected chi connectivity index (χ0v) is 28.3. The summed E-state index contributed by atoms with van der Waals surface area (Å²) in [5.41, 5.74) is 12.7. The van der Waals surface area contributed by atoms with Crippen LogP contribution >= 0.6 is 0 Å². The first kappa shape index (κ1) is 29.9. The van der Waals surface area contributed by atoms with Crippen molar-refractivity contribution < 1.29 is 4.42 Å². The lowest BCUT2D eigenvalue weighted by atomic mass is 9.97. The van der Waals surface area contributed by atoms with Gasteiger partial charge in [0.25, 0.3) is 0 Å². The van der Waals surface area contributed by atoms with Crippen molar-refractivity contribution in [3.63, 3.8) is 0 Å². The Morgan fingerprint density at radius 2 is 0.808 bits per heavy atom. The molecule has 0 aliphatic rings. The Bertz CT molecular complexity index is 2780. The lowest BCUT2D eigenvalue weighted by Gasteiger charge is -2.26. The van der Waals surface area contributed by atoms with Crippen molar-refractivity contribution in [2.24, 2.45) is 0 Å². The third kappa shape index (κ3) is 5.19. The molecular weight excluding hydrogens is 633 g/mol. The highest BCUT2D eigenvalue weighted by atomic mass is 16.3. The Morgan fingerprint density at radius 1 is 0.327 bits per heavy atom. The second-order valence-corrected chi connectivity index (χ2v) is 13.2. The van der Waals surface area contributed by atoms with Gasteiger partial charge in [-0.2, -0.15) is 0 Å². The minimum absolute atomic E-state index is 0.868. The predicted molar refractivity (Wildman–Crippen MR) is 218 cm³/mol. The molecule has 10 rings (SSSR count). The highest BCUT2D eigenvalue weighted by Gasteiger charge is 2.17. The van der Waals surface area contributed by atoms with E-state index in [1.807, 2.05) is 12.1 Å². The Kier molecular flexibility index (Phi) is 7.14. The summed E-state index contributed by atoms with van der Waals surface area (Å²) in [6.45, 7) is 0. The van der Waals surface area contributed by atoms with Gasteiger partial charge in [-0.05, 0) is 88.3 Å². The minimum Gasteiger partial charge on any atom is -0.456 e. The van der Waals surface area contributed by atoms with Gasteiger partial charge in [0.15, 0.2) is 0 Å². The van der Waals surface area contributed by atoms with Gasteiger partial charge >= 0.3 is 0 Å². The summed E-state index contributed by atoms with van der Waals surface area (Å²) >= 11 is 0. The molecule has 0 bridgehead atoms. The molecule has 3 nitrogen and oxygen atoms in total. The summed E-state index contributed by atoms with van der Waals surface area (Å²) in [6, 6.07) is 68.6. The zero-order chi connectivity index (χ0) is 34.4. The first-order valence-corrected chi connectivity index (χ1v) is 17.6. The third-order valence-electron chi connectivity index (χ3n) is 10.1. The van der Waals surface area contributed by atoms with Gasteiger partial charge in [0, 0.05) is 44.2 Å². The number of furan rings is 1. The maximum Gasteiger partial charge on any atom is 0.136 e. The average molecular weight is 665 g/mol. The molecule has 0 saturated carbocycles. The molecule has 8 aromatic carbocycles.